The number of carbonyl (C=O) groups excluding carboxylic acids is 1. The first-order valence-corrected chi connectivity index (χ1v) is 6.83. The lowest BCUT2D eigenvalue weighted by Crippen LogP contribution is -2.45. The predicted octanol–water partition coefficient (Wildman–Crippen LogP) is 3.71. The number of ether oxygens (including phenoxy) is 1. The Morgan fingerprint density at radius 2 is 2.24 bits per heavy atom. The molecule has 0 spiro atoms. The van der Waals surface area contributed by atoms with Crippen molar-refractivity contribution in [2.75, 3.05) is 0 Å². The zero-order valence-electron chi connectivity index (χ0n) is 11.5. The Morgan fingerprint density at radius 3 is 2.88 bits per heavy atom. The molecule has 2 aliphatic carbocycles. The van der Waals surface area contributed by atoms with Crippen molar-refractivity contribution in [2.24, 2.45) is 17.8 Å². The van der Waals surface area contributed by atoms with E-state index >= 15 is 0 Å². The number of hydrogen-bond donors (Lipinski definition) is 0. The van der Waals surface area contributed by atoms with Crippen LogP contribution in [0, 0.1) is 17.8 Å². The van der Waals surface area contributed by atoms with E-state index in [2.05, 4.69) is 19.9 Å². The molecule has 2 heteroatoms. The number of rotatable bonds is 2. The highest BCUT2D eigenvalue weighted by atomic mass is 16.6. The van der Waals surface area contributed by atoms with E-state index in [-0.39, 0.29) is 17.5 Å². The van der Waals surface area contributed by atoms with Gasteiger partial charge >= 0.3 is 5.97 Å². The maximum atomic E-state index is 11.8. The number of fused-ring (bicyclic) bond motifs is 2. The van der Waals surface area contributed by atoms with Crippen LogP contribution in [0.1, 0.15) is 53.4 Å². The molecule has 0 heterocycles. The summed E-state index contributed by atoms with van der Waals surface area (Å²) in [4.78, 5) is 11.8. The molecule has 1 saturated carbocycles. The maximum Gasteiger partial charge on any atom is 0.308 e. The molecule has 2 bridgehead atoms. The fraction of sp³-hybridized carbons (Fsp3) is 0.800. The summed E-state index contributed by atoms with van der Waals surface area (Å²) in [7, 11) is 0. The Bertz CT molecular complexity index is 343. The molecule has 2 rings (SSSR count). The molecule has 17 heavy (non-hydrogen) atoms. The van der Waals surface area contributed by atoms with Crippen molar-refractivity contribution in [3.63, 3.8) is 0 Å². The number of hydrogen-bond acceptors (Lipinski definition) is 2. The van der Waals surface area contributed by atoms with E-state index in [1.54, 1.807) is 5.57 Å². The van der Waals surface area contributed by atoms with Crippen LogP contribution in [0.5, 0.6) is 0 Å². The first-order valence-electron chi connectivity index (χ1n) is 6.83. The van der Waals surface area contributed by atoms with Crippen molar-refractivity contribution >= 4 is 5.97 Å². The quantitative estimate of drug-likeness (QED) is 0.539. The SMILES string of the molecule is CC1C=C2CCC(C)(OC(=O)C(C)C)C(C2)C1. The van der Waals surface area contributed by atoms with Crippen LogP contribution in [0.3, 0.4) is 0 Å². The molecule has 0 aromatic carbocycles. The summed E-state index contributed by atoms with van der Waals surface area (Å²) in [5.74, 6) is 1.10. The maximum absolute atomic E-state index is 11.8. The lowest BCUT2D eigenvalue weighted by atomic mass is 9.67. The van der Waals surface area contributed by atoms with Gasteiger partial charge in [0.2, 0.25) is 0 Å². The van der Waals surface area contributed by atoms with Crippen molar-refractivity contribution in [3.05, 3.63) is 11.6 Å². The highest BCUT2D eigenvalue weighted by Gasteiger charge is 2.43. The lowest BCUT2D eigenvalue weighted by Gasteiger charge is -2.45. The van der Waals surface area contributed by atoms with Crippen LogP contribution in [0.15, 0.2) is 11.6 Å². The van der Waals surface area contributed by atoms with Crippen LogP contribution >= 0.6 is 0 Å². The second kappa shape index (κ2) is 4.47. The van der Waals surface area contributed by atoms with Gasteiger partial charge in [0, 0.05) is 5.92 Å². The first kappa shape index (κ1) is 12.7. The molecule has 0 N–H and O–H groups in total. The van der Waals surface area contributed by atoms with Crippen LogP contribution < -0.4 is 0 Å². The van der Waals surface area contributed by atoms with Crippen molar-refractivity contribution in [1.82, 2.24) is 0 Å². The van der Waals surface area contributed by atoms with Crippen LogP contribution in [0.25, 0.3) is 0 Å². The summed E-state index contributed by atoms with van der Waals surface area (Å²) >= 11 is 0. The van der Waals surface area contributed by atoms with Gasteiger partial charge in [0.15, 0.2) is 0 Å². The van der Waals surface area contributed by atoms with E-state index in [4.69, 9.17) is 4.74 Å². The molecule has 0 aromatic rings. The van der Waals surface area contributed by atoms with Crippen molar-refractivity contribution in [3.8, 4) is 0 Å². The summed E-state index contributed by atoms with van der Waals surface area (Å²) in [6.45, 7) is 8.21. The van der Waals surface area contributed by atoms with Gasteiger partial charge in [0.25, 0.3) is 0 Å². The molecule has 2 aliphatic rings. The number of allylic oxidation sites excluding steroid dienone is 2. The molecule has 0 amide bonds. The van der Waals surface area contributed by atoms with E-state index in [1.807, 2.05) is 13.8 Å². The number of carbonyl (C=O) groups is 1. The summed E-state index contributed by atoms with van der Waals surface area (Å²) in [5, 5.41) is 0. The first-order chi connectivity index (χ1) is 7.90. The van der Waals surface area contributed by atoms with E-state index < -0.39 is 0 Å². The number of esters is 1. The second-order valence-corrected chi connectivity index (χ2v) is 6.33. The normalized spacial score (nSPS) is 36.6. The lowest BCUT2D eigenvalue weighted by molar-refractivity contribution is -0.171. The average Bonchev–Trinajstić information content (AvgIpc) is 2.24. The third-order valence-corrected chi connectivity index (χ3v) is 4.30. The van der Waals surface area contributed by atoms with Crippen molar-refractivity contribution < 1.29 is 9.53 Å². The minimum atomic E-state index is -0.229. The molecule has 0 saturated heterocycles. The van der Waals surface area contributed by atoms with Gasteiger partial charge in [-0.15, -0.1) is 0 Å². The standard InChI is InChI=1S/C15H24O2/c1-10(2)14(16)17-15(4)6-5-12-7-11(3)8-13(15)9-12/h7,10-11,13H,5-6,8-9H2,1-4H3. The van der Waals surface area contributed by atoms with Gasteiger partial charge in [0.1, 0.15) is 5.60 Å². The molecule has 0 radical (unpaired) electrons. The van der Waals surface area contributed by atoms with E-state index in [9.17, 15) is 4.79 Å². The second-order valence-electron chi connectivity index (χ2n) is 6.33. The summed E-state index contributed by atoms with van der Waals surface area (Å²) < 4.78 is 5.81. The van der Waals surface area contributed by atoms with E-state index in [0.29, 0.717) is 11.8 Å². The minimum Gasteiger partial charge on any atom is -0.459 e. The average molecular weight is 236 g/mol. The zero-order valence-corrected chi connectivity index (χ0v) is 11.5. The fourth-order valence-corrected chi connectivity index (χ4v) is 3.13. The minimum absolute atomic E-state index is 0.0234. The van der Waals surface area contributed by atoms with Gasteiger partial charge in [-0.25, -0.2) is 0 Å². The molecule has 3 unspecified atom stereocenters. The molecule has 2 nitrogen and oxygen atoms in total. The van der Waals surface area contributed by atoms with E-state index in [0.717, 1.165) is 25.7 Å². The van der Waals surface area contributed by atoms with Gasteiger partial charge in [-0.1, -0.05) is 32.4 Å². The van der Waals surface area contributed by atoms with Crippen LogP contribution in [0.2, 0.25) is 0 Å². The molecule has 3 atom stereocenters. The van der Waals surface area contributed by atoms with Gasteiger partial charge in [-0.2, -0.15) is 0 Å². The molecule has 1 fully saturated rings. The van der Waals surface area contributed by atoms with E-state index in [1.165, 1.54) is 0 Å². The largest absolute Gasteiger partial charge is 0.459 e. The third kappa shape index (κ3) is 2.56. The Labute approximate surface area is 104 Å². The van der Waals surface area contributed by atoms with Gasteiger partial charge in [-0.05, 0) is 38.5 Å². The monoisotopic (exact) mass is 236 g/mol. The fourth-order valence-electron chi connectivity index (χ4n) is 3.13. The van der Waals surface area contributed by atoms with Crippen LogP contribution in [-0.2, 0) is 9.53 Å². The van der Waals surface area contributed by atoms with Crippen LogP contribution in [0.4, 0.5) is 0 Å². The van der Waals surface area contributed by atoms with Gasteiger partial charge < -0.3 is 4.74 Å². The molecule has 0 aromatic heterocycles. The Morgan fingerprint density at radius 1 is 1.53 bits per heavy atom. The molecule has 0 aliphatic heterocycles. The topological polar surface area (TPSA) is 26.3 Å². The highest BCUT2D eigenvalue weighted by Crippen LogP contribution is 2.46. The van der Waals surface area contributed by atoms with Gasteiger partial charge in [-0.3, -0.25) is 4.79 Å². The summed E-state index contributed by atoms with van der Waals surface area (Å²) in [6, 6.07) is 0. The van der Waals surface area contributed by atoms with Crippen LogP contribution in [-0.4, -0.2) is 11.6 Å². The zero-order chi connectivity index (χ0) is 12.6. The molecular weight excluding hydrogens is 212 g/mol. The Kier molecular flexibility index (Phi) is 3.33. The Balaban J connectivity index is 2.11. The summed E-state index contributed by atoms with van der Waals surface area (Å²) in [6.07, 6.45) is 6.80. The molecule has 96 valence electrons. The molecular formula is C15H24O2. The summed E-state index contributed by atoms with van der Waals surface area (Å²) in [5.41, 5.74) is 1.35. The van der Waals surface area contributed by atoms with Crippen molar-refractivity contribution in [2.45, 2.75) is 59.0 Å². The third-order valence-electron chi connectivity index (χ3n) is 4.30. The Hall–Kier alpha value is -0.790. The van der Waals surface area contributed by atoms with Crippen molar-refractivity contribution in [1.29, 1.82) is 0 Å². The predicted molar refractivity (Wildman–Crippen MR) is 68.5 cm³/mol. The highest BCUT2D eigenvalue weighted by molar-refractivity contribution is 5.72. The van der Waals surface area contributed by atoms with Gasteiger partial charge in [0.05, 0.1) is 5.92 Å². The smallest absolute Gasteiger partial charge is 0.308 e.